The predicted octanol–water partition coefficient (Wildman–Crippen LogP) is 2.31. The Balaban J connectivity index is 1.33. The number of piperazine rings is 1. The summed E-state index contributed by atoms with van der Waals surface area (Å²) in [5.41, 5.74) is 0.586. The third kappa shape index (κ3) is 5.17. The molecular weight excluding hydrogens is 415 g/mol. The Bertz CT molecular complexity index is 1010. The van der Waals surface area contributed by atoms with Crippen molar-refractivity contribution >= 4 is 17.5 Å². The van der Waals surface area contributed by atoms with Crippen LogP contribution in [0.4, 0.5) is 10.1 Å². The Morgan fingerprint density at radius 1 is 0.906 bits per heavy atom. The van der Waals surface area contributed by atoms with Crippen molar-refractivity contribution in [2.75, 3.05) is 37.6 Å². The molecule has 1 saturated heterocycles. The van der Waals surface area contributed by atoms with E-state index in [2.05, 4.69) is 15.5 Å². The van der Waals surface area contributed by atoms with E-state index in [1.54, 1.807) is 36.6 Å². The zero-order valence-corrected chi connectivity index (χ0v) is 17.5. The van der Waals surface area contributed by atoms with Crippen molar-refractivity contribution in [1.29, 1.82) is 0 Å². The molecule has 0 spiro atoms. The molecule has 1 aliphatic heterocycles. The number of halogens is 1. The number of nitrogens with zero attached hydrogens (tertiary/aromatic N) is 2. The van der Waals surface area contributed by atoms with Crippen LogP contribution in [-0.2, 0) is 16.1 Å². The predicted molar refractivity (Wildman–Crippen MR) is 115 cm³/mol. The first kappa shape index (κ1) is 21.6. The summed E-state index contributed by atoms with van der Waals surface area (Å²) in [5.74, 6) is -0.439. The third-order valence-electron chi connectivity index (χ3n) is 5.49. The molecule has 0 unspecified atom stereocenters. The molecule has 1 atom stereocenters. The van der Waals surface area contributed by atoms with E-state index in [1.165, 1.54) is 12.3 Å². The molecule has 9 heteroatoms. The number of carbonyl (C=O) groups is 2. The average Bonchev–Trinajstić information content (AvgIpc) is 3.53. The van der Waals surface area contributed by atoms with Gasteiger partial charge in [-0.2, -0.15) is 0 Å². The van der Waals surface area contributed by atoms with E-state index < -0.39 is 11.8 Å². The van der Waals surface area contributed by atoms with Crippen molar-refractivity contribution in [3.8, 4) is 0 Å². The van der Waals surface area contributed by atoms with E-state index in [0.717, 1.165) is 0 Å². The van der Waals surface area contributed by atoms with Gasteiger partial charge >= 0.3 is 11.8 Å². The maximum absolute atomic E-state index is 14.1. The molecule has 2 aromatic heterocycles. The zero-order valence-electron chi connectivity index (χ0n) is 17.5. The van der Waals surface area contributed by atoms with Crippen LogP contribution in [0.5, 0.6) is 0 Å². The lowest BCUT2D eigenvalue weighted by atomic mass is 10.1. The van der Waals surface area contributed by atoms with Crippen LogP contribution in [0.25, 0.3) is 0 Å². The summed E-state index contributed by atoms with van der Waals surface area (Å²) in [6.45, 7) is 2.92. The lowest BCUT2D eigenvalue weighted by molar-refractivity contribution is -0.139. The zero-order chi connectivity index (χ0) is 22.3. The fourth-order valence-corrected chi connectivity index (χ4v) is 3.80. The summed E-state index contributed by atoms with van der Waals surface area (Å²) in [6.07, 6.45) is 3.08. The second-order valence-electron chi connectivity index (χ2n) is 7.48. The minimum atomic E-state index is -0.732. The van der Waals surface area contributed by atoms with E-state index in [1.807, 2.05) is 17.0 Å². The van der Waals surface area contributed by atoms with Crippen LogP contribution in [0.2, 0.25) is 0 Å². The molecule has 2 amide bonds. The minimum Gasteiger partial charge on any atom is -0.468 e. The SMILES string of the molecule is O=C(NCc1ccco1)C(=O)NC[C@@H](c1ccco1)N1CCN(c2ccccc2F)CC1. The molecule has 1 aliphatic rings. The van der Waals surface area contributed by atoms with Gasteiger partial charge in [-0.25, -0.2) is 4.39 Å². The van der Waals surface area contributed by atoms with Crippen LogP contribution >= 0.6 is 0 Å². The summed E-state index contributed by atoms with van der Waals surface area (Å²) in [7, 11) is 0. The topological polar surface area (TPSA) is 91.0 Å². The number of benzene rings is 1. The van der Waals surface area contributed by atoms with Gasteiger partial charge in [-0.1, -0.05) is 12.1 Å². The highest BCUT2D eigenvalue weighted by Crippen LogP contribution is 2.25. The van der Waals surface area contributed by atoms with Crippen molar-refractivity contribution in [3.05, 3.63) is 78.4 Å². The average molecular weight is 440 g/mol. The fraction of sp³-hybridized carbons (Fsp3) is 0.304. The van der Waals surface area contributed by atoms with Gasteiger partial charge in [-0.15, -0.1) is 0 Å². The fourth-order valence-electron chi connectivity index (χ4n) is 3.80. The minimum absolute atomic E-state index is 0.138. The van der Waals surface area contributed by atoms with Crippen LogP contribution < -0.4 is 15.5 Å². The molecule has 3 aromatic rings. The van der Waals surface area contributed by atoms with Gasteiger partial charge in [0.05, 0.1) is 30.8 Å². The van der Waals surface area contributed by atoms with E-state index in [4.69, 9.17) is 8.83 Å². The van der Waals surface area contributed by atoms with Gasteiger partial charge in [0, 0.05) is 32.7 Å². The maximum atomic E-state index is 14.1. The first-order valence-corrected chi connectivity index (χ1v) is 10.5. The molecule has 0 bridgehead atoms. The van der Waals surface area contributed by atoms with Gasteiger partial charge in [0.15, 0.2) is 0 Å². The Labute approximate surface area is 185 Å². The number of hydrogen-bond donors (Lipinski definition) is 2. The highest BCUT2D eigenvalue weighted by atomic mass is 19.1. The summed E-state index contributed by atoms with van der Waals surface area (Å²) in [6, 6.07) is 13.5. The van der Waals surface area contributed by atoms with Crippen LogP contribution in [0.3, 0.4) is 0 Å². The quantitative estimate of drug-likeness (QED) is 0.548. The third-order valence-corrected chi connectivity index (χ3v) is 5.49. The van der Waals surface area contributed by atoms with Crippen LogP contribution in [0, 0.1) is 5.82 Å². The number of hydrogen-bond acceptors (Lipinski definition) is 6. The van der Waals surface area contributed by atoms with Gasteiger partial charge < -0.3 is 24.4 Å². The monoisotopic (exact) mass is 440 g/mol. The lowest BCUT2D eigenvalue weighted by Crippen LogP contribution is -2.51. The van der Waals surface area contributed by atoms with Crippen molar-refractivity contribution in [2.45, 2.75) is 12.6 Å². The van der Waals surface area contributed by atoms with Gasteiger partial charge in [-0.05, 0) is 36.4 Å². The number of nitrogens with one attached hydrogen (secondary N) is 2. The van der Waals surface area contributed by atoms with Gasteiger partial charge in [0.25, 0.3) is 0 Å². The second-order valence-corrected chi connectivity index (χ2v) is 7.48. The van der Waals surface area contributed by atoms with Gasteiger partial charge in [-0.3, -0.25) is 14.5 Å². The maximum Gasteiger partial charge on any atom is 0.309 e. The summed E-state index contributed by atoms with van der Waals surface area (Å²) < 4.78 is 24.9. The van der Waals surface area contributed by atoms with Crippen molar-refractivity contribution < 1.29 is 22.8 Å². The smallest absolute Gasteiger partial charge is 0.309 e. The van der Waals surface area contributed by atoms with Crippen molar-refractivity contribution in [3.63, 3.8) is 0 Å². The molecular formula is C23H25FN4O4. The highest BCUT2D eigenvalue weighted by Gasteiger charge is 2.28. The molecule has 0 radical (unpaired) electrons. The van der Waals surface area contributed by atoms with Crippen molar-refractivity contribution in [1.82, 2.24) is 15.5 Å². The van der Waals surface area contributed by atoms with Crippen LogP contribution in [-0.4, -0.2) is 49.4 Å². The Kier molecular flexibility index (Phi) is 6.86. The molecule has 0 aliphatic carbocycles. The Hall–Kier alpha value is -3.59. The van der Waals surface area contributed by atoms with E-state index in [0.29, 0.717) is 43.4 Å². The van der Waals surface area contributed by atoms with E-state index >= 15 is 0 Å². The molecule has 1 fully saturated rings. The lowest BCUT2D eigenvalue weighted by Gasteiger charge is -2.39. The first-order valence-electron chi connectivity index (χ1n) is 10.5. The molecule has 1 aromatic carbocycles. The number of furan rings is 2. The molecule has 3 heterocycles. The summed E-state index contributed by atoms with van der Waals surface area (Å²) >= 11 is 0. The summed E-state index contributed by atoms with van der Waals surface area (Å²) in [4.78, 5) is 28.6. The molecule has 168 valence electrons. The number of para-hydroxylation sites is 1. The number of amides is 2. The normalized spacial score (nSPS) is 15.3. The number of rotatable bonds is 7. The number of carbonyl (C=O) groups excluding carboxylic acids is 2. The summed E-state index contributed by atoms with van der Waals surface area (Å²) in [5, 5.41) is 5.22. The molecule has 4 rings (SSSR count). The highest BCUT2D eigenvalue weighted by molar-refractivity contribution is 6.35. The van der Waals surface area contributed by atoms with Crippen LogP contribution in [0.1, 0.15) is 17.6 Å². The largest absolute Gasteiger partial charge is 0.468 e. The molecule has 0 saturated carbocycles. The Morgan fingerprint density at radius 2 is 1.62 bits per heavy atom. The molecule has 2 N–H and O–H groups in total. The standard InChI is InChI=1S/C23H25FN4O4/c24-18-6-1-2-7-19(18)27-9-11-28(12-10-27)20(21-8-4-14-32-21)16-26-23(30)22(29)25-15-17-5-3-13-31-17/h1-8,13-14,20H,9-12,15-16H2,(H,25,29)(H,26,30)/t20-/m0/s1. The van der Waals surface area contributed by atoms with Gasteiger partial charge in [0.2, 0.25) is 0 Å². The molecule has 8 nitrogen and oxygen atoms in total. The van der Waals surface area contributed by atoms with Crippen LogP contribution in [0.15, 0.2) is 69.9 Å². The Morgan fingerprint density at radius 3 is 2.31 bits per heavy atom. The van der Waals surface area contributed by atoms with Crippen molar-refractivity contribution in [2.24, 2.45) is 0 Å². The number of anilines is 1. The first-order chi connectivity index (χ1) is 15.6. The second kappa shape index (κ2) is 10.1. The van der Waals surface area contributed by atoms with E-state index in [-0.39, 0.29) is 24.9 Å². The molecule has 32 heavy (non-hydrogen) atoms. The van der Waals surface area contributed by atoms with Gasteiger partial charge in [0.1, 0.15) is 17.3 Å². The van der Waals surface area contributed by atoms with E-state index in [9.17, 15) is 14.0 Å².